The van der Waals surface area contributed by atoms with Crippen LogP contribution in [0.1, 0.15) is 19.1 Å². The number of rotatable bonds is 3. The maximum Gasteiger partial charge on any atom is 0.0943 e. The molecule has 68 valence electrons. The summed E-state index contributed by atoms with van der Waals surface area (Å²) >= 11 is 0. The lowest BCUT2D eigenvalue weighted by molar-refractivity contribution is 0.110. The molecule has 0 aromatic heterocycles. The number of ether oxygens (including phenoxy) is 1. The molecule has 2 heteroatoms. The second kappa shape index (κ2) is 5.75. The van der Waals surface area contributed by atoms with Crippen LogP contribution in [0.5, 0.6) is 0 Å². The Labute approximate surface area is 74.4 Å². The first kappa shape index (κ1) is 11.1. The van der Waals surface area contributed by atoms with Crippen molar-refractivity contribution in [2.45, 2.75) is 13.5 Å². The molecule has 2 nitrogen and oxygen atoms in total. The van der Waals surface area contributed by atoms with Crippen LogP contribution in [0.3, 0.4) is 0 Å². The van der Waals surface area contributed by atoms with Gasteiger partial charge in [0, 0.05) is 13.7 Å². The van der Waals surface area contributed by atoms with Gasteiger partial charge in [0.25, 0.3) is 0 Å². The van der Waals surface area contributed by atoms with E-state index >= 15 is 0 Å². The summed E-state index contributed by atoms with van der Waals surface area (Å²) in [7, 11) is 1.67. The van der Waals surface area contributed by atoms with E-state index in [0.717, 1.165) is 5.56 Å². The first-order chi connectivity index (χ1) is 5.38. The second-order valence-corrected chi connectivity index (χ2v) is 2.37. The Kier molecular flexibility index (Phi) is 5.34. The van der Waals surface area contributed by atoms with Gasteiger partial charge in [0.1, 0.15) is 0 Å². The van der Waals surface area contributed by atoms with E-state index in [1.165, 1.54) is 0 Å². The van der Waals surface area contributed by atoms with E-state index in [1.807, 2.05) is 30.3 Å². The van der Waals surface area contributed by atoms with Gasteiger partial charge in [-0.05, 0) is 5.56 Å². The summed E-state index contributed by atoms with van der Waals surface area (Å²) in [5, 5.41) is 0. The lowest BCUT2D eigenvalue weighted by Crippen LogP contribution is -2.13. The van der Waals surface area contributed by atoms with Gasteiger partial charge in [-0.15, -0.1) is 0 Å². The maximum atomic E-state index is 5.49. The molecule has 0 aliphatic heterocycles. The van der Waals surface area contributed by atoms with Gasteiger partial charge < -0.3 is 10.5 Å². The van der Waals surface area contributed by atoms with E-state index in [0.29, 0.717) is 6.54 Å². The van der Waals surface area contributed by atoms with E-state index in [2.05, 4.69) is 0 Å². The Morgan fingerprint density at radius 3 is 2.33 bits per heavy atom. The van der Waals surface area contributed by atoms with Gasteiger partial charge in [-0.2, -0.15) is 0 Å². The molecule has 0 bridgehead atoms. The predicted molar refractivity (Wildman–Crippen MR) is 52.0 cm³/mol. The van der Waals surface area contributed by atoms with Gasteiger partial charge in [0.05, 0.1) is 6.10 Å². The van der Waals surface area contributed by atoms with Crippen molar-refractivity contribution in [1.29, 1.82) is 0 Å². The average Bonchev–Trinajstić information content (AvgIpc) is 2.09. The smallest absolute Gasteiger partial charge is 0.0943 e. The molecule has 0 radical (unpaired) electrons. The molecule has 1 aromatic rings. The zero-order valence-electron chi connectivity index (χ0n) is 6.66. The minimum atomic E-state index is 0. The van der Waals surface area contributed by atoms with Crippen LogP contribution in [0, 0.1) is 0 Å². The minimum Gasteiger partial charge on any atom is -0.375 e. The first-order valence-electron chi connectivity index (χ1n) is 3.66. The highest BCUT2D eigenvalue weighted by atomic mass is 16.5. The molecule has 0 aliphatic rings. The van der Waals surface area contributed by atoms with Gasteiger partial charge in [-0.3, -0.25) is 0 Å². The highest BCUT2D eigenvalue weighted by Gasteiger charge is 2.05. The molecular weight excluding hydrogens is 150 g/mol. The van der Waals surface area contributed by atoms with Gasteiger partial charge in [0.2, 0.25) is 0 Å². The fraction of sp³-hybridized carbons (Fsp3) is 0.400. The molecule has 1 rings (SSSR count). The summed E-state index contributed by atoms with van der Waals surface area (Å²) in [5.74, 6) is 0. The third kappa shape index (κ3) is 2.64. The second-order valence-electron chi connectivity index (χ2n) is 2.37. The van der Waals surface area contributed by atoms with Crippen molar-refractivity contribution in [2.24, 2.45) is 5.73 Å². The highest BCUT2D eigenvalue weighted by molar-refractivity contribution is 5.17. The Balaban J connectivity index is 0.00000121. The van der Waals surface area contributed by atoms with Crippen molar-refractivity contribution in [1.82, 2.24) is 0 Å². The van der Waals surface area contributed by atoms with Gasteiger partial charge in [-0.25, -0.2) is 0 Å². The summed E-state index contributed by atoms with van der Waals surface area (Å²) in [6.45, 7) is 0.528. The van der Waals surface area contributed by atoms with Crippen LogP contribution in [-0.4, -0.2) is 13.7 Å². The standard InChI is InChI=1S/C9H13NO.CH4/c1-11-9(7-10)8-5-3-2-4-6-8;/h2-6,9H,7,10H2,1H3;1H4/t9-;/m1./s1. The summed E-state index contributed by atoms with van der Waals surface area (Å²) in [6.07, 6.45) is 0.0381. The quantitative estimate of drug-likeness (QED) is 0.747. The lowest BCUT2D eigenvalue weighted by atomic mass is 10.1. The first-order valence-corrected chi connectivity index (χ1v) is 3.66. The van der Waals surface area contributed by atoms with Crippen LogP contribution in [-0.2, 0) is 4.74 Å². The fourth-order valence-corrected chi connectivity index (χ4v) is 1.04. The van der Waals surface area contributed by atoms with Crippen molar-refractivity contribution in [3.05, 3.63) is 35.9 Å². The minimum absolute atomic E-state index is 0. The van der Waals surface area contributed by atoms with Gasteiger partial charge in [0.15, 0.2) is 0 Å². The van der Waals surface area contributed by atoms with E-state index < -0.39 is 0 Å². The summed E-state index contributed by atoms with van der Waals surface area (Å²) in [4.78, 5) is 0. The fourth-order valence-electron chi connectivity index (χ4n) is 1.04. The molecule has 0 amide bonds. The highest BCUT2D eigenvalue weighted by Crippen LogP contribution is 2.13. The number of hydrogen-bond acceptors (Lipinski definition) is 2. The number of benzene rings is 1. The topological polar surface area (TPSA) is 35.2 Å². The van der Waals surface area contributed by atoms with Crippen LogP contribution >= 0.6 is 0 Å². The third-order valence-corrected chi connectivity index (χ3v) is 1.67. The SMILES string of the molecule is C.CO[C@H](CN)c1ccccc1. The van der Waals surface area contributed by atoms with Gasteiger partial charge in [-0.1, -0.05) is 37.8 Å². The van der Waals surface area contributed by atoms with Crippen LogP contribution < -0.4 is 5.73 Å². The van der Waals surface area contributed by atoms with Gasteiger partial charge >= 0.3 is 0 Å². The lowest BCUT2D eigenvalue weighted by Gasteiger charge is -2.12. The van der Waals surface area contributed by atoms with E-state index in [1.54, 1.807) is 7.11 Å². The van der Waals surface area contributed by atoms with Crippen molar-refractivity contribution >= 4 is 0 Å². The zero-order valence-corrected chi connectivity index (χ0v) is 6.66. The normalized spacial score (nSPS) is 11.8. The molecule has 1 aromatic carbocycles. The molecule has 1 atom stereocenters. The van der Waals surface area contributed by atoms with Crippen LogP contribution in [0.2, 0.25) is 0 Å². The zero-order chi connectivity index (χ0) is 8.10. The molecule has 2 N–H and O–H groups in total. The molecule has 0 aliphatic carbocycles. The maximum absolute atomic E-state index is 5.49. The Bertz CT molecular complexity index is 194. The molecule has 0 spiro atoms. The number of hydrogen-bond donors (Lipinski definition) is 1. The van der Waals surface area contributed by atoms with Crippen molar-refractivity contribution < 1.29 is 4.74 Å². The molecule has 12 heavy (non-hydrogen) atoms. The van der Waals surface area contributed by atoms with Crippen LogP contribution in [0.4, 0.5) is 0 Å². The molecule has 0 fully saturated rings. The largest absolute Gasteiger partial charge is 0.375 e. The summed E-state index contributed by atoms with van der Waals surface area (Å²) < 4.78 is 5.16. The van der Waals surface area contributed by atoms with Crippen LogP contribution in [0.15, 0.2) is 30.3 Å². The average molecular weight is 167 g/mol. The van der Waals surface area contributed by atoms with E-state index in [-0.39, 0.29) is 13.5 Å². The number of nitrogens with two attached hydrogens (primary N) is 1. The van der Waals surface area contributed by atoms with Crippen molar-refractivity contribution in [2.75, 3.05) is 13.7 Å². The Morgan fingerprint density at radius 1 is 1.33 bits per heavy atom. The molecule has 0 heterocycles. The van der Waals surface area contributed by atoms with E-state index in [4.69, 9.17) is 10.5 Å². The molecule has 0 saturated carbocycles. The monoisotopic (exact) mass is 167 g/mol. The van der Waals surface area contributed by atoms with E-state index in [9.17, 15) is 0 Å². The van der Waals surface area contributed by atoms with Crippen molar-refractivity contribution in [3.8, 4) is 0 Å². The molecule has 0 unspecified atom stereocenters. The third-order valence-electron chi connectivity index (χ3n) is 1.67. The Hall–Kier alpha value is -0.860. The summed E-state index contributed by atoms with van der Waals surface area (Å²) in [5.41, 5.74) is 6.63. The molecular formula is C10H17NO. The van der Waals surface area contributed by atoms with Crippen LogP contribution in [0.25, 0.3) is 0 Å². The Morgan fingerprint density at radius 2 is 1.92 bits per heavy atom. The van der Waals surface area contributed by atoms with Crippen molar-refractivity contribution in [3.63, 3.8) is 0 Å². The molecule has 0 saturated heterocycles. The predicted octanol–water partition coefficient (Wildman–Crippen LogP) is 1.97. The number of methoxy groups -OCH3 is 1. The summed E-state index contributed by atoms with van der Waals surface area (Å²) in [6, 6.07) is 9.98.